The molecule has 14 nitrogen and oxygen atoms in total. The second kappa shape index (κ2) is 21.3. The number of methoxy groups -OCH3 is 1. The van der Waals surface area contributed by atoms with Crippen LogP contribution in [0, 0.1) is 23.2 Å². The minimum absolute atomic E-state index is 0.00119. The molecule has 2 N–H and O–H groups in total. The highest BCUT2D eigenvalue weighted by atomic mass is 32.1. The maximum Gasteiger partial charge on any atom is 0.364 e. The van der Waals surface area contributed by atoms with Gasteiger partial charge in [0.2, 0.25) is 11.8 Å². The number of likely N-dealkylation sites (N-methyl/N-ethyl adjacent to an activating group) is 1. The summed E-state index contributed by atoms with van der Waals surface area (Å²) in [7, 11) is 4.29. The highest BCUT2D eigenvalue weighted by Gasteiger charge is 2.61. The third-order valence-corrected chi connectivity index (χ3v) is 17.2. The molecule has 2 radical (unpaired) electrons. The normalized spacial score (nSPS) is 22.3. The SMILES string of the molecule is CCO[C@H](c1nc(-c2ccc3c(c2)c(CC(C)(C)COC(=O)S)c(-c2cc(N4CCCN(C)CC4)cnc2[C@H](C)OC)n3CC)cs1)C(C(=O)N1CCCCN1)C1(NC(=O)[C@H]2C(=C(C)C)[C@@H]2C)C[Si]1. The molecule has 1 saturated carbocycles. The number of rotatable bonds is 18. The van der Waals surface area contributed by atoms with Crippen molar-refractivity contribution in [3.8, 4) is 22.5 Å². The number of fused-ring (bicyclic) bond motifs is 1. The van der Waals surface area contributed by atoms with Crippen LogP contribution in [0.2, 0.25) is 6.04 Å². The van der Waals surface area contributed by atoms with Gasteiger partial charge in [-0.2, -0.15) is 0 Å². The van der Waals surface area contributed by atoms with Crippen LogP contribution < -0.4 is 15.6 Å². The molecular formula is C52H72N8O6S2Si. The Hall–Kier alpha value is -4.10. The summed E-state index contributed by atoms with van der Waals surface area (Å²) in [5.41, 5.74) is 13.2. The molecule has 6 heterocycles. The minimum Gasteiger partial charge on any atom is -0.457 e. The van der Waals surface area contributed by atoms with Gasteiger partial charge < -0.3 is 33.9 Å². The standard InChI is InChI=1S/C52H72N8O6S2Si/c1-11-59-40-17-16-34(24-36(40)38(26-51(7,8)29-66-50(63)67)45(59)37-25-35(27-53-44(37)33(6)64-10)58-20-15-19-57(9)22-23-58)39-28-68-48(55-39)46(65-12-2)43(49(62)60-21-14-13-18-54-60)52(30-69-52)56-47(61)42-32(5)41(42)31(3)4/h16-17,24-25,27-28,32-33,42-43,46,54H,11-15,18-23,26,29-30H2,1-10H3,(H,56,61)(H,63,67)/t32-,33-,42+,43?,46-,52?/m0/s1. The summed E-state index contributed by atoms with van der Waals surface area (Å²) in [4.78, 5) is 56.3. The van der Waals surface area contributed by atoms with Crippen molar-refractivity contribution in [3.05, 3.63) is 63.3 Å². The summed E-state index contributed by atoms with van der Waals surface area (Å²) < 4.78 is 20.6. The molecule has 2 amide bonds. The maximum atomic E-state index is 14.9. The van der Waals surface area contributed by atoms with E-state index in [9.17, 15) is 14.4 Å². The van der Waals surface area contributed by atoms with Crippen molar-refractivity contribution in [2.45, 2.75) is 111 Å². The van der Waals surface area contributed by atoms with Gasteiger partial charge in [0.1, 0.15) is 11.1 Å². The molecule has 1 aromatic carbocycles. The highest BCUT2D eigenvalue weighted by Crippen LogP contribution is 2.51. The van der Waals surface area contributed by atoms with Crippen LogP contribution in [0.25, 0.3) is 33.4 Å². The van der Waals surface area contributed by atoms with Gasteiger partial charge >= 0.3 is 5.30 Å². The van der Waals surface area contributed by atoms with Crippen LogP contribution in [0.15, 0.2) is 47.0 Å². The lowest BCUT2D eigenvalue weighted by Gasteiger charge is -2.38. The Morgan fingerprint density at radius 1 is 1.09 bits per heavy atom. The molecule has 3 aromatic heterocycles. The Labute approximate surface area is 420 Å². The molecule has 8 rings (SSSR count). The van der Waals surface area contributed by atoms with Crippen molar-refractivity contribution >= 4 is 67.2 Å². The van der Waals surface area contributed by atoms with Crippen molar-refractivity contribution in [2.75, 3.05) is 71.5 Å². The number of allylic oxidation sites excluding steroid dienone is 1. The van der Waals surface area contributed by atoms with Gasteiger partial charge in [0, 0.05) is 91.0 Å². The first-order valence-corrected chi connectivity index (χ1v) is 27.4. The number of carbonyl (C=O) groups is 3. The molecule has 0 bridgehead atoms. The average Bonchev–Trinajstić information content (AvgIpc) is 4.18. The number of hydrogen-bond acceptors (Lipinski definition) is 12. The molecule has 69 heavy (non-hydrogen) atoms. The van der Waals surface area contributed by atoms with Crippen LogP contribution in [-0.2, 0) is 36.8 Å². The van der Waals surface area contributed by atoms with E-state index in [-0.39, 0.29) is 36.4 Å². The lowest BCUT2D eigenvalue weighted by atomic mass is 9.84. The van der Waals surface area contributed by atoms with Gasteiger partial charge in [0.25, 0.3) is 0 Å². The largest absolute Gasteiger partial charge is 0.457 e. The Morgan fingerprint density at radius 2 is 1.87 bits per heavy atom. The van der Waals surface area contributed by atoms with E-state index in [0.717, 1.165) is 102 Å². The Bertz CT molecular complexity index is 2560. The number of benzene rings is 1. The van der Waals surface area contributed by atoms with Gasteiger partial charge in [-0.25, -0.2) is 15.2 Å². The van der Waals surface area contributed by atoms with E-state index in [4.69, 9.17) is 24.2 Å². The number of hydrazine groups is 1. The van der Waals surface area contributed by atoms with Crippen LogP contribution in [0.4, 0.5) is 10.5 Å². The van der Waals surface area contributed by atoms with Gasteiger partial charge in [-0.15, -0.1) is 11.3 Å². The monoisotopic (exact) mass is 996 g/mol. The van der Waals surface area contributed by atoms with Gasteiger partial charge in [-0.05, 0) is 110 Å². The van der Waals surface area contributed by atoms with Crippen LogP contribution in [0.1, 0.15) is 103 Å². The molecule has 4 aromatic rings. The van der Waals surface area contributed by atoms with Gasteiger partial charge in [-0.3, -0.25) is 19.6 Å². The van der Waals surface area contributed by atoms with Crippen LogP contribution in [-0.4, -0.2) is 123 Å². The molecule has 4 aliphatic rings. The number of anilines is 1. The van der Waals surface area contributed by atoms with E-state index < -0.39 is 27.9 Å². The fraction of sp³-hybridized carbons (Fsp3) is 0.596. The number of hydrogen-bond donors (Lipinski definition) is 3. The summed E-state index contributed by atoms with van der Waals surface area (Å²) in [6.45, 7) is 23.1. The van der Waals surface area contributed by atoms with E-state index in [1.54, 1.807) is 12.1 Å². The fourth-order valence-electron chi connectivity index (χ4n) is 10.7. The first kappa shape index (κ1) is 51.3. The van der Waals surface area contributed by atoms with E-state index in [1.165, 1.54) is 22.5 Å². The second-order valence-corrected chi connectivity index (χ2v) is 23.3. The van der Waals surface area contributed by atoms with Crippen molar-refractivity contribution in [1.82, 2.24) is 35.2 Å². The smallest absolute Gasteiger partial charge is 0.364 e. The molecule has 3 saturated heterocycles. The lowest BCUT2D eigenvalue weighted by Crippen LogP contribution is -2.57. The van der Waals surface area contributed by atoms with Gasteiger partial charge in [-0.1, -0.05) is 50.6 Å². The van der Waals surface area contributed by atoms with Crippen molar-refractivity contribution in [1.29, 1.82) is 0 Å². The summed E-state index contributed by atoms with van der Waals surface area (Å²) in [6, 6.07) is 9.57. The number of thiol groups is 1. The molecular weight excluding hydrogens is 925 g/mol. The Morgan fingerprint density at radius 3 is 2.52 bits per heavy atom. The lowest BCUT2D eigenvalue weighted by molar-refractivity contribution is -0.148. The summed E-state index contributed by atoms with van der Waals surface area (Å²) in [6.07, 6.45) is 4.60. The zero-order chi connectivity index (χ0) is 49.4. The van der Waals surface area contributed by atoms with E-state index in [1.807, 2.05) is 20.0 Å². The third kappa shape index (κ3) is 10.9. The van der Waals surface area contributed by atoms with Crippen LogP contribution >= 0.6 is 24.0 Å². The zero-order valence-corrected chi connectivity index (χ0v) is 44.9. The topological polar surface area (TPSA) is 143 Å². The first-order chi connectivity index (χ1) is 33.0. The maximum absolute atomic E-state index is 14.9. The zero-order valence-electron chi connectivity index (χ0n) is 42.2. The molecule has 17 heteroatoms. The van der Waals surface area contributed by atoms with Crippen molar-refractivity contribution in [3.63, 3.8) is 0 Å². The van der Waals surface area contributed by atoms with Crippen molar-refractivity contribution in [2.24, 2.45) is 23.2 Å². The van der Waals surface area contributed by atoms with E-state index >= 15 is 0 Å². The number of ether oxygens (including phenoxy) is 3. The summed E-state index contributed by atoms with van der Waals surface area (Å²) >= 11 is 5.45. The summed E-state index contributed by atoms with van der Waals surface area (Å²) in [5, 5.41) is 7.72. The number of carbonyl (C=O) groups excluding carboxylic acids is 3. The minimum atomic E-state index is -0.718. The van der Waals surface area contributed by atoms with E-state index in [0.29, 0.717) is 46.7 Å². The quantitative estimate of drug-likeness (QED) is 0.0382. The third-order valence-electron chi connectivity index (χ3n) is 14.6. The molecule has 1 aliphatic carbocycles. The molecule has 0 spiro atoms. The number of nitrogens with one attached hydrogen (secondary N) is 2. The molecule has 4 fully saturated rings. The number of nitrogens with zero attached hydrogens (tertiary/aromatic N) is 6. The second-order valence-electron chi connectivity index (χ2n) is 20.4. The number of amides is 2. The van der Waals surface area contributed by atoms with Gasteiger partial charge in [0.15, 0.2) is 0 Å². The Balaban J connectivity index is 1.23. The molecule has 6 atom stereocenters. The predicted octanol–water partition coefficient (Wildman–Crippen LogP) is 8.70. The predicted molar refractivity (Wildman–Crippen MR) is 279 cm³/mol. The van der Waals surface area contributed by atoms with Gasteiger partial charge in [0.05, 0.1) is 63.0 Å². The number of pyridine rings is 1. The molecule has 3 aliphatic heterocycles. The highest BCUT2D eigenvalue weighted by molar-refractivity contribution is 7.96. The molecule has 2 unspecified atom stereocenters. The van der Waals surface area contributed by atoms with Crippen LogP contribution in [0.3, 0.4) is 0 Å². The van der Waals surface area contributed by atoms with Crippen molar-refractivity contribution < 1.29 is 28.6 Å². The molecule has 372 valence electrons. The first-order valence-electron chi connectivity index (χ1n) is 24.8. The van der Waals surface area contributed by atoms with Crippen LogP contribution in [0.5, 0.6) is 0 Å². The number of thiazole rings is 1. The van der Waals surface area contributed by atoms with E-state index in [2.05, 4.69) is 116 Å². The fourth-order valence-corrected chi connectivity index (χ4v) is 12.9. The Kier molecular flexibility index (Phi) is 15.8. The number of aryl methyl sites for hydroxylation is 1. The average molecular weight is 997 g/mol. The number of aromatic nitrogens is 3. The summed E-state index contributed by atoms with van der Waals surface area (Å²) in [5.74, 6) is -0.697.